The van der Waals surface area contributed by atoms with E-state index in [1.165, 1.54) is 12.1 Å². The number of ether oxygens (including phenoxy) is 2. The number of hydrogen-bond acceptors (Lipinski definition) is 4. The molecule has 6 heteroatoms. The molecule has 2 aliphatic carbocycles. The summed E-state index contributed by atoms with van der Waals surface area (Å²) in [6.07, 6.45) is 3.98. The number of aliphatic hydroxyl groups is 1. The van der Waals surface area contributed by atoms with Crippen LogP contribution in [0.4, 0.5) is 8.78 Å². The number of hydrogen-bond donors (Lipinski definition) is 1. The summed E-state index contributed by atoms with van der Waals surface area (Å²) < 4.78 is 35.3. The topological polar surface area (TPSA) is 62.5 Å². The Morgan fingerprint density at radius 2 is 1.96 bits per heavy atom. The van der Waals surface area contributed by atoms with E-state index >= 15 is 0 Å². The predicted molar refractivity (Wildman–Crippen MR) is 83.1 cm³/mol. The van der Waals surface area contributed by atoms with Crippen LogP contribution in [0.25, 0.3) is 0 Å². The zero-order chi connectivity index (χ0) is 17.2. The second-order valence-corrected chi connectivity index (χ2v) is 6.72. The maximum atomic E-state index is 12.5. The Kier molecular flexibility index (Phi) is 4.91. The van der Waals surface area contributed by atoms with E-state index < -0.39 is 12.0 Å². The van der Waals surface area contributed by atoms with Gasteiger partial charge in [-0.25, -0.2) is 0 Å². The average molecular weight is 337 g/mol. The van der Waals surface area contributed by atoms with E-state index in [4.69, 9.17) is 4.74 Å². The highest BCUT2D eigenvalue weighted by Gasteiger charge is 2.39. The minimum absolute atomic E-state index is 0.0310. The van der Waals surface area contributed by atoms with E-state index in [0.29, 0.717) is 49.5 Å². The number of rotatable bonds is 6. The number of halogens is 2. The molecule has 2 saturated carbocycles. The monoisotopic (exact) mass is 337 g/mol. The Labute approximate surface area is 140 Å². The summed E-state index contributed by atoms with van der Waals surface area (Å²) in [4.78, 5) is 0. The summed E-state index contributed by atoms with van der Waals surface area (Å²) in [6, 6.07) is 6.94. The molecule has 0 aliphatic heterocycles. The molecule has 1 aromatic carbocycles. The molecule has 2 fully saturated rings. The summed E-state index contributed by atoms with van der Waals surface area (Å²) in [5.74, 6) is 0.977. The Morgan fingerprint density at radius 3 is 2.54 bits per heavy atom. The van der Waals surface area contributed by atoms with Crippen LogP contribution in [0, 0.1) is 17.2 Å². The minimum Gasteiger partial charge on any atom is -0.493 e. The average Bonchev–Trinajstić information content (AvgIpc) is 3.38. The van der Waals surface area contributed by atoms with Crippen LogP contribution in [0.1, 0.15) is 44.1 Å². The van der Waals surface area contributed by atoms with Crippen molar-refractivity contribution in [2.45, 2.75) is 56.7 Å². The first-order valence-electron chi connectivity index (χ1n) is 8.34. The largest absolute Gasteiger partial charge is 0.493 e. The standard InChI is InChI=1S/C18H21F2NO3/c19-17(20)24-14-3-4-15(16(9-14)23-10-12-1-2-12)18(11-21)7-5-13(22)6-8-18/h3-4,9,12-13,17,22H,1-2,5-8,10H2. The van der Waals surface area contributed by atoms with E-state index in [1.54, 1.807) is 6.07 Å². The second kappa shape index (κ2) is 6.94. The lowest BCUT2D eigenvalue weighted by Gasteiger charge is -2.34. The SMILES string of the molecule is N#CC1(c2ccc(OC(F)F)cc2OCC2CC2)CCC(O)CC1. The fraction of sp³-hybridized carbons (Fsp3) is 0.611. The van der Waals surface area contributed by atoms with Crippen molar-refractivity contribution in [1.82, 2.24) is 0 Å². The summed E-state index contributed by atoms with van der Waals surface area (Å²) in [7, 11) is 0. The number of aliphatic hydroxyl groups excluding tert-OH is 1. The normalized spacial score (nSPS) is 26.9. The molecule has 4 nitrogen and oxygen atoms in total. The van der Waals surface area contributed by atoms with Gasteiger partial charge in [-0.2, -0.15) is 14.0 Å². The van der Waals surface area contributed by atoms with Crippen LogP contribution in [0.15, 0.2) is 18.2 Å². The summed E-state index contributed by atoms with van der Waals surface area (Å²) in [6.45, 7) is -2.38. The van der Waals surface area contributed by atoms with Gasteiger partial charge in [-0.1, -0.05) is 6.07 Å². The van der Waals surface area contributed by atoms with Gasteiger partial charge in [0.1, 0.15) is 11.5 Å². The molecule has 24 heavy (non-hydrogen) atoms. The fourth-order valence-electron chi connectivity index (χ4n) is 3.22. The molecule has 0 amide bonds. The van der Waals surface area contributed by atoms with Gasteiger partial charge in [0.25, 0.3) is 0 Å². The third kappa shape index (κ3) is 3.78. The molecular formula is C18H21F2NO3. The van der Waals surface area contributed by atoms with Crippen molar-refractivity contribution in [2.75, 3.05) is 6.61 Å². The van der Waals surface area contributed by atoms with Crippen molar-refractivity contribution in [3.8, 4) is 17.6 Å². The number of alkyl halides is 2. The zero-order valence-corrected chi connectivity index (χ0v) is 13.4. The van der Waals surface area contributed by atoms with E-state index in [9.17, 15) is 19.1 Å². The van der Waals surface area contributed by atoms with Crippen LogP contribution >= 0.6 is 0 Å². The zero-order valence-electron chi connectivity index (χ0n) is 13.4. The Hall–Kier alpha value is -1.87. The van der Waals surface area contributed by atoms with Crippen molar-refractivity contribution >= 4 is 0 Å². The van der Waals surface area contributed by atoms with Gasteiger partial charge in [0.05, 0.1) is 24.2 Å². The van der Waals surface area contributed by atoms with Gasteiger partial charge in [-0.05, 0) is 50.5 Å². The van der Waals surface area contributed by atoms with E-state index in [0.717, 1.165) is 12.8 Å². The van der Waals surface area contributed by atoms with Crippen molar-refractivity contribution < 1.29 is 23.4 Å². The summed E-state index contributed by atoms with van der Waals surface area (Å²) in [5, 5.41) is 19.5. The van der Waals surface area contributed by atoms with Crippen LogP contribution in [0.2, 0.25) is 0 Å². The molecule has 0 saturated heterocycles. The summed E-state index contributed by atoms with van der Waals surface area (Å²) in [5.41, 5.74) is -0.0410. The highest BCUT2D eigenvalue weighted by molar-refractivity contribution is 5.48. The van der Waals surface area contributed by atoms with Crippen molar-refractivity contribution in [1.29, 1.82) is 5.26 Å². The van der Waals surface area contributed by atoms with Gasteiger partial charge in [0.15, 0.2) is 0 Å². The Balaban J connectivity index is 1.90. The van der Waals surface area contributed by atoms with Gasteiger partial charge in [-0.3, -0.25) is 0 Å². The van der Waals surface area contributed by atoms with Gasteiger partial charge in [0.2, 0.25) is 0 Å². The molecule has 0 radical (unpaired) electrons. The molecule has 0 spiro atoms. The van der Waals surface area contributed by atoms with E-state index in [1.807, 2.05) is 0 Å². The highest BCUT2D eigenvalue weighted by Crippen LogP contribution is 2.44. The number of benzene rings is 1. The van der Waals surface area contributed by atoms with Crippen molar-refractivity contribution in [3.05, 3.63) is 23.8 Å². The number of nitriles is 1. The third-order valence-electron chi connectivity index (χ3n) is 4.89. The molecule has 130 valence electrons. The van der Waals surface area contributed by atoms with Crippen molar-refractivity contribution in [3.63, 3.8) is 0 Å². The van der Waals surface area contributed by atoms with Crippen LogP contribution in [-0.4, -0.2) is 24.4 Å². The van der Waals surface area contributed by atoms with Crippen molar-refractivity contribution in [2.24, 2.45) is 5.92 Å². The molecular weight excluding hydrogens is 316 g/mol. The predicted octanol–water partition coefficient (Wildman–Crippen LogP) is 3.77. The highest BCUT2D eigenvalue weighted by atomic mass is 19.3. The minimum atomic E-state index is -2.90. The molecule has 0 bridgehead atoms. The molecule has 0 aromatic heterocycles. The van der Waals surface area contributed by atoms with Crippen LogP contribution in [0.3, 0.4) is 0 Å². The molecule has 1 N–H and O–H groups in total. The fourth-order valence-corrected chi connectivity index (χ4v) is 3.22. The maximum absolute atomic E-state index is 12.5. The lowest BCUT2D eigenvalue weighted by atomic mass is 9.69. The third-order valence-corrected chi connectivity index (χ3v) is 4.89. The second-order valence-electron chi connectivity index (χ2n) is 6.72. The van der Waals surface area contributed by atoms with Gasteiger partial charge < -0.3 is 14.6 Å². The first-order chi connectivity index (χ1) is 11.5. The van der Waals surface area contributed by atoms with Crippen LogP contribution in [-0.2, 0) is 5.41 Å². The first kappa shape index (κ1) is 17.0. The van der Waals surface area contributed by atoms with E-state index in [-0.39, 0.29) is 11.9 Å². The van der Waals surface area contributed by atoms with Crippen LogP contribution in [0.5, 0.6) is 11.5 Å². The molecule has 0 unspecified atom stereocenters. The number of nitrogens with zero attached hydrogens (tertiary/aromatic N) is 1. The maximum Gasteiger partial charge on any atom is 0.387 e. The van der Waals surface area contributed by atoms with Gasteiger partial charge in [-0.15, -0.1) is 0 Å². The molecule has 0 atom stereocenters. The summed E-state index contributed by atoms with van der Waals surface area (Å²) >= 11 is 0. The Morgan fingerprint density at radius 1 is 1.25 bits per heavy atom. The molecule has 1 aromatic rings. The quantitative estimate of drug-likeness (QED) is 0.858. The molecule has 2 aliphatic rings. The van der Waals surface area contributed by atoms with Gasteiger partial charge in [0, 0.05) is 11.6 Å². The smallest absolute Gasteiger partial charge is 0.387 e. The Bertz CT molecular complexity index is 617. The lowest BCUT2D eigenvalue weighted by Crippen LogP contribution is -2.32. The first-order valence-corrected chi connectivity index (χ1v) is 8.34. The molecule has 0 heterocycles. The van der Waals surface area contributed by atoms with Gasteiger partial charge >= 0.3 is 6.61 Å². The van der Waals surface area contributed by atoms with E-state index in [2.05, 4.69) is 10.8 Å². The molecule has 3 rings (SSSR count). The lowest BCUT2D eigenvalue weighted by molar-refractivity contribution is -0.0499. The van der Waals surface area contributed by atoms with Crippen LogP contribution < -0.4 is 9.47 Å².